The van der Waals surface area contributed by atoms with Gasteiger partial charge in [-0.15, -0.1) is 6.42 Å². The number of rotatable bonds is 5. The number of aromatic hydroxyl groups is 1. The van der Waals surface area contributed by atoms with Gasteiger partial charge < -0.3 is 20.1 Å². The van der Waals surface area contributed by atoms with E-state index in [2.05, 4.69) is 31.0 Å². The Labute approximate surface area is 270 Å². The number of phenolic OH excluding ortho intramolecular Hbond substituents is 1. The van der Waals surface area contributed by atoms with Crippen LogP contribution in [-0.4, -0.2) is 63.3 Å². The van der Waals surface area contributed by atoms with Gasteiger partial charge >= 0.3 is 6.01 Å². The van der Waals surface area contributed by atoms with Crippen LogP contribution in [0.5, 0.6) is 11.8 Å². The number of hydrogen-bond donors (Lipinski definition) is 2. The lowest BCUT2D eigenvalue weighted by atomic mass is 9.88. The van der Waals surface area contributed by atoms with Gasteiger partial charge in [0.25, 0.3) is 0 Å². The number of nitrogens with zero attached hydrogens (tertiary/aromatic N) is 5. The van der Waals surface area contributed by atoms with E-state index in [9.17, 15) is 9.50 Å². The number of halogens is 2. The largest absolute Gasteiger partial charge is 0.507 e. The zero-order valence-electron chi connectivity index (χ0n) is 25.6. The van der Waals surface area contributed by atoms with Crippen LogP contribution in [0.3, 0.4) is 0 Å². The van der Waals surface area contributed by atoms with Gasteiger partial charge in [0.1, 0.15) is 35.2 Å². The maximum atomic E-state index is 16.9. The Morgan fingerprint density at radius 2 is 1.87 bits per heavy atom. The molecule has 2 N–H and O–H groups in total. The zero-order chi connectivity index (χ0) is 31.9. The average molecular weight is 631 g/mol. The van der Waals surface area contributed by atoms with Crippen molar-refractivity contribution in [3.8, 4) is 35.4 Å². The summed E-state index contributed by atoms with van der Waals surface area (Å²) in [4.78, 5) is 18.7. The summed E-state index contributed by atoms with van der Waals surface area (Å²) in [6.07, 6.45) is 11.4. The summed E-state index contributed by atoms with van der Waals surface area (Å²) in [6.45, 7) is 3.04. The molecule has 4 aliphatic rings. The van der Waals surface area contributed by atoms with Crippen molar-refractivity contribution < 1.29 is 18.6 Å². The molecule has 0 aliphatic carbocycles. The molecule has 0 spiro atoms. The van der Waals surface area contributed by atoms with E-state index in [4.69, 9.17) is 16.1 Å². The molecule has 0 radical (unpaired) electrons. The Morgan fingerprint density at radius 1 is 1.04 bits per heavy atom. The van der Waals surface area contributed by atoms with E-state index in [1.807, 2.05) is 6.07 Å². The van der Waals surface area contributed by atoms with E-state index in [0.717, 1.165) is 50.9 Å². The van der Waals surface area contributed by atoms with Crippen molar-refractivity contribution in [2.24, 2.45) is 0 Å². The SMILES string of the molecule is C#Cc1cccc2c(O)ccc(-c3ncc4c(N5C[C@H]6CC[C@@H](C5)N6)nc(OCC56CCCN5Cc5c(F)cccc56)nc4c3F)c12. The number of terminal acetylenes is 1. The minimum absolute atomic E-state index is 0.0457. The Bertz CT molecular complexity index is 2140. The number of hydrogen-bond acceptors (Lipinski definition) is 8. The molecule has 0 amide bonds. The summed E-state index contributed by atoms with van der Waals surface area (Å²) < 4.78 is 38.2. The maximum absolute atomic E-state index is 16.9. The third-order valence-electron chi connectivity index (χ3n) is 10.6. The Morgan fingerprint density at radius 3 is 2.70 bits per heavy atom. The first kappa shape index (κ1) is 28.4. The molecule has 10 heteroatoms. The molecular formula is C37H32F2N6O2. The first-order valence-electron chi connectivity index (χ1n) is 16.2. The van der Waals surface area contributed by atoms with Crippen LogP contribution in [0.25, 0.3) is 32.9 Å². The smallest absolute Gasteiger partial charge is 0.319 e. The van der Waals surface area contributed by atoms with Crippen LogP contribution in [0.4, 0.5) is 14.6 Å². The molecule has 3 fully saturated rings. The summed E-state index contributed by atoms with van der Waals surface area (Å²) in [5.74, 6) is 2.47. The highest BCUT2D eigenvalue weighted by Gasteiger charge is 2.50. The van der Waals surface area contributed by atoms with Crippen LogP contribution >= 0.6 is 0 Å². The number of fused-ring (bicyclic) bond motifs is 7. The van der Waals surface area contributed by atoms with Gasteiger partial charge in [-0.1, -0.05) is 30.2 Å². The topological polar surface area (TPSA) is 86.6 Å². The van der Waals surface area contributed by atoms with Crippen molar-refractivity contribution in [3.05, 3.63) is 83.1 Å². The van der Waals surface area contributed by atoms with Crippen molar-refractivity contribution in [2.45, 2.75) is 49.9 Å². The standard InChI is InChI=1S/C37H32F2N6O2/c1-2-21-6-3-7-24-30(46)13-12-25(31(21)24)33-32(39)34-26(16-40-33)35(44-17-22-10-11-23(18-44)41-22)43-36(42-34)47-20-37-14-5-15-45(37)19-27-28(37)8-4-9-29(27)38/h1,3-4,6-9,12-13,16,22-23,41,46H,5,10-11,14-15,17-20H2/t22-,23+,37?. The fourth-order valence-electron chi connectivity index (χ4n) is 8.44. The molecule has 4 aliphatic heterocycles. The van der Waals surface area contributed by atoms with Gasteiger partial charge in [0, 0.05) is 65.4 Å². The predicted molar refractivity (Wildman–Crippen MR) is 175 cm³/mol. The van der Waals surface area contributed by atoms with Gasteiger partial charge in [-0.3, -0.25) is 9.88 Å². The predicted octanol–water partition coefficient (Wildman–Crippen LogP) is 5.63. The van der Waals surface area contributed by atoms with Crippen LogP contribution in [0, 0.1) is 24.0 Å². The quantitative estimate of drug-likeness (QED) is 0.242. The van der Waals surface area contributed by atoms with E-state index < -0.39 is 11.4 Å². The highest BCUT2D eigenvalue weighted by atomic mass is 19.1. The van der Waals surface area contributed by atoms with E-state index in [-0.39, 0.29) is 35.4 Å². The molecule has 236 valence electrons. The molecule has 1 unspecified atom stereocenters. The highest BCUT2D eigenvalue weighted by molar-refractivity contribution is 6.04. The lowest BCUT2D eigenvalue weighted by Gasteiger charge is -2.35. The third kappa shape index (κ3) is 4.30. The monoisotopic (exact) mass is 630 g/mol. The second kappa shape index (κ2) is 10.6. The van der Waals surface area contributed by atoms with E-state index in [1.165, 1.54) is 12.1 Å². The fraction of sp³-hybridized carbons (Fsp3) is 0.324. The Kier molecular flexibility index (Phi) is 6.39. The van der Waals surface area contributed by atoms with Crippen LogP contribution in [0.1, 0.15) is 42.4 Å². The molecule has 8 nitrogen and oxygen atoms in total. The normalized spacial score (nSPS) is 23.3. The fourth-order valence-corrected chi connectivity index (χ4v) is 8.44. The Hall–Kier alpha value is -4.85. The van der Waals surface area contributed by atoms with Crippen LogP contribution < -0.4 is 15.0 Å². The lowest BCUT2D eigenvalue weighted by molar-refractivity contribution is 0.0825. The van der Waals surface area contributed by atoms with Gasteiger partial charge in [0.05, 0.1) is 10.9 Å². The number of benzene rings is 3. The van der Waals surface area contributed by atoms with E-state index in [0.29, 0.717) is 57.3 Å². The molecule has 6 heterocycles. The van der Waals surface area contributed by atoms with E-state index >= 15 is 4.39 Å². The highest BCUT2D eigenvalue weighted by Crippen LogP contribution is 2.48. The summed E-state index contributed by atoms with van der Waals surface area (Å²) in [6, 6.07) is 14.4. The van der Waals surface area contributed by atoms with Gasteiger partial charge in [0.15, 0.2) is 5.82 Å². The Balaban J connectivity index is 1.18. The molecule has 0 saturated carbocycles. The number of phenols is 1. The third-order valence-corrected chi connectivity index (χ3v) is 10.6. The van der Waals surface area contributed by atoms with Crippen LogP contribution in [0.2, 0.25) is 0 Å². The van der Waals surface area contributed by atoms with Crippen molar-refractivity contribution in [2.75, 3.05) is 31.1 Å². The molecule has 9 rings (SSSR count). The summed E-state index contributed by atoms with van der Waals surface area (Å²) >= 11 is 0. The van der Waals surface area contributed by atoms with Crippen molar-refractivity contribution in [1.29, 1.82) is 0 Å². The first-order valence-corrected chi connectivity index (χ1v) is 16.2. The summed E-state index contributed by atoms with van der Waals surface area (Å²) in [5.41, 5.74) is 2.30. The summed E-state index contributed by atoms with van der Waals surface area (Å²) in [7, 11) is 0. The van der Waals surface area contributed by atoms with E-state index in [1.54, 1.807) is 36.5 Å². The maximum Gasteiger partial charge on any atom is 0.319 e. The minimum atomic E-state index is -0.623. The van der Waals surface area contributed by atoms with Crippen molar-refractivity contribution >= 4 is 27.5 Å². The number of anilines is 1. The van der Waals surface area contributed by atoms with Gasteiger partial charge in [-0.25, -0.2) is 8.78 Å². The van der Waals surface area contributed by atoms with Crippen molar-refractivity contribution in [3.63, 3.8) is 0 Å². The van der Waals surface area contributed by atoms with Crippen LogP contribution in [-0.2, 0) is 12.1 Å². The van der Waals surface area contributed by atoms with Crippen molar-refractivity contribution in [1.82, 2.24) is 25.2 Å². The number of aromatic nitrogens is 3. The summed E-state index contributed by atoms with van der Waals surface area (Å²) in [5, 5.41) is 15.8. The average Bonchev–Trinajstić information content (AvgIpc) is 3.75. The second-order valence-electron chi connectivity index (χ2n) is 13.2. The molecule has 3 aromatic carbocycles. The minimum Gasteiger partial charge on any atom is -0.507 e. The number of pyridine rings is 1. The van der Waals surface area contributed by atoms with Gasteiger partial charge in [0.2, 0.25) is 0 Å². The molecule has 47 heavy (non-hydrogen) atoms. The number of ether oxygens (including phenoxy) is 1. The lowest BCUT2D eigenvalue weighted by Crippen LogP contribution is -2.51. The molecule has 3 atom stereocenters. The molecular weight excluding hydrogens is 598 g/mol. The molecule has 3 saturated heterocycles. The van der Waals surface area contributed by atoms with Crippen LogP contribution in [0.15, 0.2) is 54.7 Å². The number of piperazine rings is 1. The zero-order valence-corrected chi connectivity index (χ0v) is 25.6. The molecule has 2 bridgehead atoms. The van der Waals surface area contributed by atoms with Gasteiger partial charge in [-0.2, -0.15) is 9.97 Å². The molecule has 2 aromatic heterocycles. The van der Waals surface area contributed by atoms with Gasteiger partial charge in [-0.05, 0) is 62.1 Å². The second-order valence-corrected chi connectivity index (χ2v) is 13.2. The number of nitrogens with one attached hydrogen (secondary N) is 1. The molecule has 5 aromatic rings. The first-order chi connectivity index (χ1) is 22.9.